The average molecular weight is 1150 g/mol. The SMILES string of the molecule is CCCCCCCCCCCCCCCCCCCCCCCCCCCCCCCCCCCCCCCCCC(=O)OC(COC(=O)CCCCCCCCCCCCCCCCCCCCCC)COP(=O)(O)OCCN. The minimum atomic E-state index is -4.38. The van der Waals surface area contributed by atoms with E-state index in [1.165, 1.54) is 340 Å². The molecule has 0 saturated carbocycles. The minimum absolute atomic E-state index is 0.0588. The van der Waals surface area contributed by atoms with Gasteiger partial charge in [-0.3, -0.25) is 18.6 Å². The number of ether oxygens (including phenoxy) is 2. The van der Waals surface area contributed by atoms with Crippen LogP contribution in [0.2, 0.25) is 0 Å². The Balaban J connectivity index is 3.71. The quantitative estimate of drug-likeness (QED) is 0.0347. The molecule has 0 radical (unpaired) electrons. The molecule has 2 unspecified atom stereocenters. The highest BCUT2D eigenvalue weighted by Gasteiger charge is 2.26. The third-order valence-corrected chi connectivity index (χ3v) is 17.7. The van der Waals surface area contributed by atoms with E-state index in [9.17, 15) is 19.0 Å². The Morgan fingerprint density at radius 1 is 0.325 bits per heavy atom. The largest absolute Gasteiger partial charge is 0.472 e. The summed E-state index contributed by atoms with van der Waals surface area (Å²) < 4.78 is 33.2. The van der Waals surface area contributed by atoms with Crippen molar-refractivity contribution in [3.63, 3.8) is 0 Å². The van der Waals surface area contributed by atoms with E-state index in [-0.39, 0.29) is 32.1 Å². The molecule has 0 aliphatic rings. The lowest BCUT2D eigenvalue weighted by molar-refractivity contribution is -0.161. The third-order valence-electron chi connectivity index (χ3n) is 16.7. The van der Waals surface area contributed by atoms with Gasteiger partial charge >= 0.3 is 19.8 Å². The van der Waals surface area contributed by atoms with Gasteiger partial charge < -0.3 is 20.1 Å². The lowest BCUT2D eigenvalue weighted by Gasteiger charge is -2.19. The number of esters is 2. The zero-order valence-corrected chi connectivity index (χ0v) is 54.8. The van der Waals surface area contributed by atoms with E-state index < -0.39 is 26.5 Å². The van der Waals surface area contributed by atoms with Crippen LogP contribution in [-0.2, 0) is 32.7 Å². The van der Waals surface area contributed by atoms with Crippen LogP contribution in [0.15, 0.2) is 0 Å². The topological polar surface area (TPSA) is 134 Å². The van der Waals surface area contributed by atoms with Crippen LogP contribution in [0.1, 0.15) is 406 Å². The van der Waals surface area contributed by atoms with Crippen molar-refractivity contribution in [3.8, 4) is 0 Å². The third kappa shape index (κ3) is 66.2. The van der Waals surface area contributed by atoms with Gasteiger partial charge in [0.05, 0.1) is 13.2 Å². The van der Waals surface area contributed by atoms with Crippen molar-refractivity contribution in [2.24, 2.45) is 5.73 Å². The van der Waals surface area contributed by atoms with Crippen molar-refractivity contribution in [1.82, 2.24) is 0 Å². The summed E-state index contributed by atoms with van der Waals surface area (Å²) in [5.74, 6) is -0.798. The van der Waals surface area contributed by atoms with Gasteiger partial charge in [0.15, 0.2) is 6.10 Å². The van der Waals surface area contributed by atoms with E-state index in [1.807, 2.05) is 0 Å². The number of phosphoric ester groups is 1. The standard InChI is InChI=1S/C70H140NO8P/c1-3-5-7-9-11-13-15-17-19-21-23-25-26-27-28-29-30-31-32-33-34-35-36-37-38-39-40-41-42-43-45-47-49-51-53-55-57-59-61-63-70(73)79-68(67-78-80(74,75)77-65-64-71)66-76-69(72)62-60-58-56-54-52-50-48-46-44-24-22-20-18-16-14-12-10-8-6-4-2/h68H,3-67,71H2,1-2H3,(H,74,75). The number of carbonyl (C=O) groups excluding carboxylic acids is 2. The summed E-state index contributed by atoms with van der Waals surface area (Å²) in [6.07, 6.45) is 79.4. The van der Waals surface area contributed by atoms with Crippen LogP contribution in [-0.4, -0.2) is 49.3 Å². The number of carbonyl (C=O) groups is 2. The maximum Gasteiger partial charge on any atom is 0.472 e. The molecule has 0 aromatic heterocycles. The first-order valence-corrected chi connectivity index (χ1v) is 37.5. The number of rotatable bonds is 70. The molecule has 0 bridgehead atoms. The van der Waals surface area contributed by atoms with E-state index in [1.54, 1.807) is 0 Å². The molecule has 9 nitrogen and oxygen atoms in total. The van der Waals surface area contributed by atoms with Crippen molar-refractivity contribution in [3.05, 3.63) is 0 Å². The second kappa shape index (κ2) is 67.1. The molecule has 10 heteroatoms. The van der Waals surface area contributed by atoms with E-state index in [2.05, 4.69) is 13.8 Å². The summed E-state index contributed by atoms with van der Waals surface area (Å²) in [5.41, 5.74) is 5.40. The second-order valence-electron chi connectivity index (χ2n) is 24.8. The highest BCUT2D eigenvalue weighted by atomic mass is 31.2. The van der Waals surface area contributed by atoms with Gasteiger partial charge in [-0.1, -0.05) is 380 Å². The maximum atomic E-state index is 12.8. The summed E-state index contributed by atoms with van der Waals surface area (Å²) >= 11 is 0. The highest BCUT2D eigenvalue weighted by molar-refractivity contribution is 7.47. The van der Waals surface area contributed by atoms with Crippen LogP contribution >= 0.6 is 7.82 Å². The Bertz CT molecular complexity index is 1270. The number of unbranched alkanes of at least 4 members (excludes halogenated alkanes) is 57. The second-order valence-corrected chi connectivity index (χ2v) is 26.3. The minimum Gasteiger partial charge on any atom is -0.462 e. The smallest absolute Gasteiger partial charge is 0.462 e. The molecule has 0 aliphatic heterocycles. The van der Waals surface area contributed by atoms with E-state index in [4.69, 9.17) is 24.3 Å². The molecule has 0 rings (SSSR count). The van der Waals surface area contributed by atoms with Crippen molar-refractivity contribution in [1.29, 1.82) is 0 Å². The highest BCUT2D eigenvalue weighted by Crippen LogP contribution is 2.43. The van der Waals surface area contributed by atoms with Gasteiger partial charge in [-0.05, 0) is 12.8 Å². The van der Waals surface area contributed by atoms with Crippen molar-refractivity contribution >= 4 is 19.8 Å². The van der Waals surface area contributed by atoms with Crippen LogP contribution in [0.3, 0.4) is 0 Å². The number of phosphoric acid groups is 1. The molecule has 0 heterocycles. The van der Waals surface area contributed by atoms with Crippen LogP contribution in [0, 0.1) is 0 Å². The fourth-order valence-corrected chi connectivity index (χ4v) is 12.2. The maximum absolute atomic E-state index is 12.8. The van der Waals surface area contributed by atoms with Crippen LogP contribution in [0.4, 0.5) is 0 Å². The van der Waals surface area contributed by atoms with Gasteiger partial charge in [0.2, 0.25) is 0 Å². The summed E-state index contributed by atoms with van der Waals surface area (Å²) in [5, 5.41) is 0. The van der Waals surface area contributed by atoms with Gasteiger partial charge in [0.25, 0.3) is 0 Å². The van der Waals surface area contributed by atoms with Gasteiger partial charge in [0.1, 0.15) is 6.61 Å². The first-order chi connectivity index (χ1) is 39.3. The Morgan fingerprint density at radius 2 is 0.537 bits per heavy atom. The summed E-state index contributed by atoms with van der Waals surface area (Å²) in [4.78, 5) is 35.3. The lowest BCUT2D eigenvalue weighted by Crippen LogP contribution is -2.29. The molecule has 0 aromatic carbocycles. The normalized spacial score (nSPS) is 12.8. The van der Waals surface area contributed by atoms with Gasteiger partial charge in [-0.25, -0.2) is 4.57 Å². The Labute approximate surface area is 498 Å². The van der Waals surface area contributed by atoms with Crippen molar-refractivity contribution in [2.75, 3.05) is 26.4 Å². The molecule has 0 spiro atoms. The average Bonchev–Trinajstić information content (AvgIpc) is 3.45. The molecule has 0 amide bonds. The first kappa shape index (κ1) is 79.0. The van der Waals surface area contributed by atoms with Gasteiger partial charge in [-0.2, -0.15) is 0 Å². The van der Waals surface area contributed by atoms with Crippen molar-refractivity contribution < 1.29 is 37.6 Å². The number of hydrogen-bond acceptors (Lipinski definition) is 8. The molecule has 2 atom stereocenters. The fourth-order valence-electron chi connectivity index (χ4n) is 11.4. The van der Waals surface area contributed by atoms with Crippen LogP contribution in [0.5, 0.6) is 0 Å². The van der Waals surface area contributed by atoms with E-state index >= 15 is 0 Å². The predicted octanol–water partition coefficient (Wildman–Crippen LogP) is 23.4. The lowest BCUT2D eigenvalue weighted by atomic mass is 10.0. The zero-order valence-electron chi connectivity index (χ0n) is 53.9. The molecule has 80 heavy (non-hydrogen) atoms. The zero-order chi connectivity index (χ0) is 58.0. The molecule has 0 saturated heterocycles. The Morgan fingerprint density at radius 3 is 0.762 bits per heavy atom. The molecule has 3 N–H and O–H groups in total. The first-order valence-electron chi connectivity index (χ1n) is 36.0. The summed E-state index contributed by atoms with van der Waals surface area (Å²) in [6.45, 7) is 3.84. The number of hydrogen-bond donors (Lipinski definition) is 2. The summed E-state index contributed by atoms with van der Waals surface area (Å²) in [6, 6.07) is 0. The van der Waals surface area contributed by atoms with Crippen LogP contribution < -0.4 is 5.73 Å². The molecule has 0 fully saturated rings. The Hall–Kier alpha value is -0.990. The monoisotopic (exact) mass is 1150 g/mol. The number of nitrogens with two attached hydrogens (primary N) is 1. The molecule has 478 valence electrons. The molecule has 0 aliphatic carbocycles. The van der Waals surface area contributed by atoms with Crippen LogP contribution in [0.25, 0.3) is 0 Å². The molecular formula is C70H140NO8P. The van der Waals surface area contributed by atoms with E-state index in [0.717, 1.165) is 32.1 Å². The van der Waals surface area contributed by atoms with Crippen molar-refractivity contribution in [2.45, 2.75) is 412 Å². The predicted molar refractivity (Wildman–Crippen MR) is 345 cm³/mol. The van der Waals surface area contributed by atoms with Gasteiger partial charge in [-0.15, -0.1) is 0 Å². The Kier molecular flexibility index (Phi) is 66.3. The van der Waals surface area contributed by atoms with E-state index in [0.29, 0.717) is 12.8 Å². The fraction of sp³-hybridized carbons (Fsp3) is 0.971. The van der Waals surface area contributed by atoms with Gasteiger partial charge in [0, 0.05) is 19.4 Å². The summed E-state index contributed by atoms with van der Waals surface area (Å²) in [7, 11) is -4.38. The molecular weight excluding hydrogens is 1010 g/mol. The molecule has 0 aromatic rings.